The minimum Gasteiger partial charge on any atom is -0.445 e. The van der Waals surface area contributed by atoms with Gasteiger partial charge in [0, 0.05) is 49.0 Å². The monoisotopic (exact) mass is 547 g/mol. The second-order valence-electron chi connectivity index (χ2n) is 12.3. The first-order valence-electron chi connectivity index (χ1n) is 14.0. The number of H-pyrrole nitrogens is 1. The molecule has 0 spiro atoms. The van der Waals surface area contributed by atoms with Gasteiger partial charge >= 0.3 is 0 Å². The third-order valence-corrected chi connectivity index (χ3v) is 6.06. The Kier molecular flexibility index (Phi) is 10.4. The maximum Gasteiger partial charge on any atom is 0.194 e. The second kappa shape index (κ2) is 13.3. The van der Waals surface area contributed by atoms with Crippen molar-refractivity contribution in [2.24, 2.45) is 11.8 Å². The van der Waals surface area contributed by atoms with Crippen molar-refractivity contribution >= 4 is 0 Å². The van der Waals surface area contributed by atoms with Gasteiger partial charge in [-0.2, -0.15) is 0 Å². The molecule has 0 atom stereocenters. The molecule has 0 unspecified atom stereocenters. The van der Waals surface area contributed by atoms with Gasteiger partial charge in [-0.3, -0.25) is 9.97 Å². The number of aromatic amines is 1. The Labute approximate surface area is 238 Å². The molecule has 4 aromatic rings. The highest BCUT2D eigenvalue weighted by molar-refractivity contribution is 5.20. The summed E-state index contributed by atoms with van der Waals surface area (Å²) < 4.78 is 5.71. The van der Waals surface area contributed by atoms with Crippen LogP contribution in [0.2, 0.25) is 0 Å². The zero-order valence-corrected chi connectivity index (χ0v) is 25.2. The Balaban J connectivity index is 0.000000220. The van der Waals surface area contributed by atoms with Gasteiger partial charge in [0.15, 0.2) is 5.89 Å². The molecule has 0 saturated carbocycles. The summed E-state index contributed by atoms with van der Waals surface area (Å²) in [4.78, 5) is 21.0. The van der Waals surface area contributed by atoms with Gasteiger partial charge in [0.25, 0.3) is 0 Å². The summed E-state index contributed by atoms with van der Waals surface area (Å²) in [6.07, 6.45) is 6.73. The van der Waals surface area contributed by atoms with E-state index in [1.54, 1.807) is 33.9 Å². The number of aromatic nitrogens is 5. The number of hydrogen-bond donors (Lipinski definition) is 3. The molecule has 3 N–H and O–H groups in total. The van der Waals surface area contributed by atoms with Gasteiger partial charge in [0.1, 0.15) is 22.8 Å². The first-order chi connectivity index (χ1) is 18.7. The van der Waals surface area contributed by atoms with Crippen molar-refractivity contribution in [1.82, 2.24) is 24.9 Å². The molecule has 40 heavy (non-hydrogen) atoms. The normalized spacial score (nSPS) is 12.1. The van der Waals surface area contributed by atoms with E-state index in [2.05, 4.69) is 52.6 Å². The fraction of sp³-hybridized carbons (Fsp3) is 0.500. The van der Waals surface area contributed by atoms with Crippen LogP contribution in [-0.4, -0.2) is 35.1 Å². The molecule has 216 valence electrons. The summed E-state index contributed by atoms with van der Waals surface area (Å²) in [5.41, 5.74) is 2.38. The van der Waals surface area contributed by atoms with E-state index in [9.17, 15) is 10.2 Å². The van der Waals surface area contributed by atoms with Crippen LogP contribution < -0.4 is 0 Å². The zero-order chi connectivity index (χ0) is 29.5. The number of oxazole rings is 1. The van der Waals surface area contributed by atoms with Crippen molar-refractivity contribution < 1.29 is 14.6 Å². The van der Waals surface area contributed by atoms with E-state index in [4.69, 9.17) is 4.42 Å². The molecule has 0 amide bonds. The number of aliphatic hydroxyl groups is 2. The molecule has 4 heterocycles. The molecule has 0 bridgehead atoms. The summed E-state index contributed by atoms with van der Waals surface area (Å²) in [7, 11) is 0. The Morgan fingerprint density at radius 2 is 1.30 bits per heavy atom. The molecule has 4 aromatic heterocycles. The first kappa shape index (κ1) is 31.2. The Bertz CT molecular complexity index is 1240. The fourth-order valence-corrected chi connectivity index (χ4v) is 4.07. The quantitative estimate of drug-likeness (QED) is 0.226. The predicted octanol–water partition coefficient (Wildman–Crippen LogP) is 5.91. The number of nitrogens with one attached hydrogen (secondary N) is 1. The zero-order valence-electron chi connectivity index (χ0n) is 25.2. The van der Waals surface area contributed by atoms with Crippen LogP contribution >= 0.6 is 0 Å². The Hall–Kier alpha value is -3.36. The summed E-state index contributed by atoms with van der Waals surface area (Å²) in [5, 5.41) is 20.0. The molecule has 0 fully saturated rings. The lowest BCUT2D eigenvalue weighted by molar-refractivity contribution is 0.0731. The summed E-state index contributed by atoms with van der Waals surface area (Å²) in [6.45, 7) is 15.6. The minimum atomic E-state index is -0.930. The lowest BCUT2D eigenvalue weighted by atomic mass is 10.0. The highest BCUT2D eigenvalue weighted by Crippen LogP contribution is 2.20. The van der Waals surface area contributed by atoms with Crippen molar-refractivity contribution in [3.8, 4) is 0 Å². The molecule has 8 nitrogen and oxygen atoms in total. The molecule has 0 aliphatic heterocycles. The number of hydrogen-bond acceptors (Lipinski definition) is 7. The van der Waals surface area contributed by atoms with Crippen molar-refractivity contribution in [3.63, 3.8) is 0 Å². The number of pyridine rings is 2. The van der Waals surface area contributed by atoms with Gasteiger partial charge in [-0.05, 0) is 63.8 Å². The van der Waals surface area contributed by atoms with E-state index in [1.165, 1.54) is 0 Å². The molecule has 0 aliphatic rings. The highest BCUT2D eigenvalue weighted by Gasteiger charge is 2.19. The SMILES string of the molecule is CC(C)Cc1ncc(Cc2cccc(C(C)(C)O)n2)[nH]1.CC(C)Cc1ncc(Cc2cccc(C(C)(C)O)n2)o1. The first-order valence-corrected chi connectivity index (χ1v) is 14.0. The van der Waals surface area contributed by atoms with Crippen molar-refractivity contribution in [3.05, 3.63) is 94.7 Å². The van der Waals surface area contributed by atoms with E-state index in [0.29, 0.717) is 36.1 Å². The van der Waals surface area contributed by atoms with Crippen molar-refractivity contribution in [1.29, 1.82) is 0 Å². The molecule has 0 radical (unpaired) electrons. The van der Waals surface area contributed by atoms with Crippen LogP contribution in [0.4, 0.5) is 0 Å². The number of imidazole rings is 1. The van der Waals surface area contributed by atoms with Gasteiger partial charge in [0.05, 0.1) is 17.6 Å². The summed E-state index contributed by atoms with van der Waals surface area (Å²) in [5.74, 6) is 3.71. The van der Waals surface area contributed by atoms with Crippen LogP contribution in [0.25, 0.3) is 0 Å². The molecule has 0 aliphatic carbocycles. The van der Waals surface area contributed by atoms with Gasteiger partial charge in [-0.25, -0.2) is 9.97 Å². The van der Waals surface area contributed by atoms with Gasteiger partial charge in [-0.1, -0.05) is 39.8 Å². The Morgan fingerprint density at radius 3 is 1.82 bits per heavy atom. The van der Waals surface area contributed by atoms with Crippen molar-refractivity contribution in [2.75, 3.05) is 0 Å². The van der Waals surface area contributed by atoms with Crippen LogP contribution in [0, 0.1) is 11.8 Å². The fourth-order valence-electron chi connectivity index (χ4n) is 4.07. The maximum absolute atomic E-state index is 10.0. The largest absolute Gasteiger partial charge is 0.445 e. The molecule has 4 rings (SSSR count). The molecule has 0 aromatic carbocycles. The average Bonchev–Trinajstić information content (AvgIpc) is 3.47. The average molecular weight is 548 g/mol. The van der Waals surface area contributed by atoms with E-state index in [0.717, 1.165) is 47.4 Å². The van der Waals surface area contributed by atoms with Crippen LogP contribution in [-0.2, 0) is 36.9 Å². The van der Waals surface area contributed by atoms with Crippen LogP contribution in [0.3, 0.4) is 0 Å². The third-order valence-electron chi connectivity index (χ3n) is 6.06. The van der Waals surface area contributed by atoms with Crippen LogP contribution in [0.1, 0.15) is 101 Å². The van der Waals surface area contributed by atoms with Crippen LogP contribution in [0.5, 0.6) is 0 Å². The summed E-state index contributed by atoms with van der Waals surface area (Å²) >= 11 is 0. The topological polar surface area (TPSA) is 121 Å². The third kappa shape index (κ3) is 9.99. The molecule has 8 heteroatoms. The highest BCUT2D eigenvalue weighted by atomic mass is 16.4. The van der Waals surface area contributed by atoms with Gasteiger partial charge in [0.2, 0.25) is 0 Å². The minimum absolute atomic E-state index is 0.526. The predicted molar refractivity (Wildman–Crippen MR) is 157 cm³/mol. The van der Waals surface area contributed by atoms with Crippen molar-refractivity contribution in [2.45, 2.75) is 92.3 Å². The maximum atomic E-state index is 10.0. The van der Waals surface area contributed by atoms with Gasteiger partial charge in [-0.15, -0.1) is 0 Å². The van der Waals surface area contributed by atoms with E-state index in [1.807, 2.05) is 42.6 Å². The Morgan fingerprint density at radius 1 is 0.750 bits per heavy atom. The molecule has 0 saturated heterocycles. The standard InChI is InChI=1S/C16H23N3O.C16H22N2O2/c1-11(2)8-15-17-10-13(19-15)9-12-6-5-7-14(18-12)16(3,4)20;1-11(2)8-15-17-10-13(20-15)9-12-6-5-7-14(18-12)16(3,4)19/h5-7,10-11,20H,8-9H2,1-4H3,(H,17,19);5-7,10-11,19H,8-9H2,1-4H3. The lowest BCUT2D eigenvalue weighted by Crippen LogP contribution is -2.18. The van der Waals surface area contributed by atoms with E-state index in [-0.39, 0.29) is 0 Å². The molecular formula is C32H45N5O3. The van der Waals surface area contributed by atoms with Crippen LogP contribution in [0.15, 0.2) is 53.2 Å². The second-order valence-corrected chi connectivity index (χ2v) is 12.3. The van der Waals surface area contributed by atoms with E-state index >= 15 is 0 Å². The number of rotatable bonds is 10. The number of nitrogens with zero attached hydrogens (tertiary/aromatic N) is 4. The lowest BCUT2D eigenvalue weighted by Gasteiger charge is -2.17. The van der Waals surface area contributed by atoms with Gasteiger partial charge < -0.3 is 19.6 Å². The van der Waals surface area contributed by atoms with E-state index < -0.39 is 11.2 Å². The molecular weight excluding hydrogens is 502 g/mol. The summed E-state index contributed by atoms with van der Waals surface area (Å²) in [6, 6.07) is 11.4. The smallest absolute Gasteiger partial charge is 0.194 e.